The standard InChI is InChI=1S/C13H14NO3S.C12H17N2O2.C11H15FNO.C11H15N2O3.C11H16NO3.C10H16NO.C9H12NO.2C8H10NO.C7H7FNO/c1-11-3-5-13(6-4-11)18(15,16)17-14-9-7-12(2)8-10-14;1-11-5-9-14(10-6-11)16-12(15)13-7-3-2-4-8-13;12-10-6-8-13(9-7-10)14-11-4-2-1-3-5-11;1-10-2-4-13(5-3-10)16-11(14)12-6-8-15-9-7-12;1-9-5-7-12(8-6-9)15-10(13)14-11(2,3)4;1-9-5-7-11(8-6-9)12-10(2,3)4;1-3-8-11-10-6-4-9(2)5-7-10;2*1-3-10-9-6-4-8(2)5-7-9;1-2-10-9-5-3-7(8)4-6-9/h3-10H,1-2H3;5-6,9-10H,2-4,7-8H2,1H3;6-9,11H,1-5H2;2-5H,6-9H2,1H3;5-8H,1-4H3;5-8H,1-4H3;3-7H,1,8H2,2H3;2*3-7H,1H2,2H3;2-6H,1H2/q10*+1. The first-order chi connectivity index (χ1) is 63.0. The Hall–Kier alpha value is -14.1. The van der Waals surface area contributed by atoms with E-state index in [9.17, 15) is 31.6 Å². The molecule has 14 rings (SSSR count). The summed E-state index contributed by atoms with van der Waals surface area (Å²) in [6.45, 7) is 47.6. The Bertz CT molecular complexity index is 5070. The highest BCUT2D eigenvalue weighted by molar-refractivity contribution is 7.86. The van der Waals surface area contributed by atoms with Gasteiger partial charge in [-0.3, -0.25) is 19.4 Å². The number of piperidine rings is 1. The molecule has 704 valence electrons. The molecular weight excluding hydrogens is 1710 g/mol. The summed E-state index contributed by atoms with van der Waals surface area (Å²) in [4.78, 5) is 84.6. The molecule has 10 aromatic heterocycles. The van der Waals surface area contributed by atoms with Crippen molar-refractivity contribution in [2.24, 2.45) is 0 Å². The molecular formula is C100H132F2N12O17S+10. The van der Waals surface area contributed by atoms with Gasteiger partial charge in [-0.1, -0.05) is 50.4 Å². The number of carbonyl (C=O) groups is 3. The third-order valence-electron chi connectivity index (χ3n) is 17.7. The van der Waals surface area contributed by atoms with E-state index in [0.29, 0.717) is 39.0 Å². The summed E-state index contributed by atoms with van der Waals surface area (Å²) in [6.07, 6.45) is 48.5. The Morgan fingerprint density at radius 2 is 0.682 bits per heavy atom. The largest absolute Gasteiger partial charge is 0.572 e. The Morgan fingerprint density at radius 1 is 0.379 bits per heavy atom. The second-order valence-corrected chi connectivity index (χ2v) is 33.4. The van der Waals surface area contributed by atoms with Crippen molar-refractivity contribution in [1.29, 1.82) is 0 Å². The molecule has 0 atom stereocenters. The highest BCUT2D eigenvalue weighted by atomic mass is 32.2. The Labute approximate surface area is 776 Å². The minimum Gasteiger partial charge on any atom is -0.425 e. The normalized spacial score (nSPS) is 12.4. The number of carbonyl (C=O) groups excluding carboxylic acids is 3. The van der Waals surface area contributed by atoms with E-state index >= 15 is 0 Å². The summed E-state index contributed by atoms with van der Waals surface area (Å²) in [5.41, 5.74) is 9.60. The number of hydrogen-bond donors (Lipinski definition) is 0. The summed E-state index contributed by atoms with van der Waals surface area (Å²) in [5.74, 6) is -0.516. The van der Waals surface area contributed by atoms with Gasteiger partial charge < -0.3 is 14.4 Å². The van der Waals surface area contributed by atoms with Crippen LogP contribution in [0.3, 0.4) is 0 Å². The highest BCUT2D eigenvalue weighted by Gasteiger charge is 2.27. The number of hydrogen-bond acceptors (Lipinski definition) is 17. The van der Waals surface area contributed by atoms with E-state index in [4.69, 9.17) is 57.3 Å². The number of aromatic nitrogens is 10. The van der Waals surface area contributed by atoms with Gasteiger partial charge in [-0.2, -0.15) is 22.9 Å². The maximum absolute atomic E-state index is 12.6. The van der Waals surface area contributed by atoms with Crippen LogP contribution in [0.5, 0.6) is 0 Å². The molecule has 0 unspecified atom stereocenters. The van der Waals surface area contributed by atoms with E-state index < -0.39 is 21.9 Å². The van der Waals surface area contributed by atoms with Crippen LogP contribution in [0.25, 0.3) is 0 Å². The molecule has 3 aliphatic rings. The summed E-state index contributed by atoms with van der Waals surface area (Å²) < 4.78 is 78.7. The summed E-state index contributed by atoms with van der Waals surface area (Å²) >= 11 is 0. The Balaban J connectivity index is 0.000000261. The van der Waals surface area contributed by atoms with Crippen LogP contribution in [0.2, 0.25) is 0 Å². The number of halogens is 2. The summed E-state index contributed by atoms with van der Waals surface area (Å²) in [5, 5.41) is 0. The lowest BCUT2D eigenvalue weighted by Gasteiger charge is -2.23. The van der Waals surface area contributed by atoms with Gasteiger partial charge in [0.15, 0.2) is 37.1 Å². The molecule has 0 bridgehead atoms. The molecule has 11 aromatic rings. The molecule has 0 radical (unpaired) electrons. The number of benzene rings is 1. The van der Waals surface area contributed by atoms with E-state index in [-0.39, 0.29) is 34.3 Å². The zero-order chi connectivity index (χ0) is 96.7. The molecule has 3 fully saturated rings. The molecule has 132 heavy (non-hydrogen) atoms. The Kier molecular flexibility index (Phi) is 48.6. The van der Waals surface area contributed by atoms with Gasteiger partial charge in [0.1, 0.15) is 22.1 Å². The van der Waals surface area contributed by atoms with Gasteiger partial charge in [0.05, 0.1) is 13.2 Å². The van der Waals surface area contributed by atoms with E-state index in [1.807, 2.05) is 211 Å². The maximum Gasteiger partial charge on any atom is 0.572 e. The quantitative estimate of drug-likeness (QED) is 0.0336. The van der Waals surface area contributed by atoms with Crippen LogP contribution in [0, 0.1) is 73.9 Å². The molecule has 0 N–H and O–H groups in total. The van der Waals surface area contributed by atoms with Crippen molar-refractivity contribution in [3.05, 3.63) is 382 Å². The molecule has 1 aromatic carbocycles. The van der Waals surface area contributed by atoms with Gasteiger partial charge in [-0.15, -0.1) is 9.12 Å². The number of likely N-dealkylation sites (tertiary alicyclic amines) is 1. The predicted molar refractivity (Wildman–Crippen MR) is 485 cm³/mol. The van der Waals surface area contributed by atoms with Gasteiger partial charge in [-0.05, 0) is 212 Å². The van der Waals surface area contributed by atoms with Gasteiger partial charge in [-0.25, -0.2) is 32.9 Å². The van der Waals surface area contributed by atoms with Gasteiger partial charge in [0.25, 0.3) is 0 Å². The van der Waals surface area contributed by atoms with Crippen LogP contribution >= 0.6 is 0 Å². The van der Waals surface area contributed by atoms with Crippen molar-refractivity contribution in [3.63, 3.8) is 0 Å². The zero-order valence-corrected chi connectivity index (χ0v) is 79.5. The number of rotatable bonds is 18. The lowest BCUT2D eigenvalue weighted by Crippen LogP contribution is -2.53. The van der Waals surface area contributed by atoms with Crippen LogP contribution < -0.4 is 95.1 Å². The molecule has 29 nitrogen and oxygen atoms in total. The molecule has 0 spiro atoms. The van der Waals surface area contributed by atoms with E-state index in [0.717, 1.165) is 66.6 Å². The van der Waals surface area contributed by atoms with Crippen molar-refractivity contribution in [2.75, 3.05) is 46.0 Å². The van der Waals surface area contributed by atoms with Crippen LogP contribution in [0.1, 0.15) is 143 Å². The lowest BCUT2D eigenvalue weighted by atomic mass is 9.98. The first-order valence-electron chi connectivity index (χ1n) is 43.0. The van der Waals surface area contributed by atoms with Crippen molar-refractivity contribution >= 4 is 28.5 Å². The van der Waals surface area contributed by atoms with Gasteiger partial charge >= 0.3 is 28.5 Å². The highest BCUT2D eigenvalue weighted by Crippen LogP contribution is 2.18. The summed E-state index contributed by atoms with van der Waals surface area (Å²) in [7, 11) is -3.78. The number of morpholine rings is 1. The molecule has 1 aliphatic carbocycles. The van der Waals surface area contributed by atoms with Gasteiger partial charge in [0, 0.05) is 195 Å². The average Bonchev–Trinajstić information content (AvgIpc) is 0.828. The third kappa shape index (κ3) is 48.3. The molecule has 12 heterocycles. The first kappa shape index (κ1) is 108. The first-order valence-corrected chi connectivity index (χ1v) is 44.5. The van der Waals surface area contributed by atoms with Crippen molar-refractivity contribution < 1.29 is 136 Å². The van der Waals surface area contributed by atoms with Crippen molar-refractivity contribution in [1.82, 2.24) is 9.80 Å². The minimum atomic E-state index is -3.78. The molecule has 32 heteroatoms. The van der Waals surface area contributed by atoms with Crippen LogP contribution in [0.15, 0.2) is 326 Å². The topological polar surface area (TPSA) is 241 Å². The Morgan fingerprint density at radius 3 is 1.03 bits per heavy atom. The van der Waals surface area contributed by atoms with E-state index in [2.05, 4.69) is 33.2 Å². The SMILES string of the molecule is C=CCO[n+]1ccc(C)cc1.C=CO[n+]1ccc(C)cc1.C=CO[n+]1ccc(C)cc1.C=CO[n+]1ccc(F)cc1.Cc1cc[n+](OC(=O)N2CCCCC2)cc1.Cc1cc[n+](OC(=O)N2CCOCC2)cc1.Cc1cc[n+](OC(=O)OC(C)(C)C)cc1.Cc1cc[n+](OC(C)(C)C)cc1.Cc1ccc(S(=O)(=O)O[n+]2ccc(C)cc2)cc1.Fc1cc[n+](OC2CCCCC2)cc1. The summed E-state index contributed by atoms with van der Waals surface area (Å²) in [6, 6.07) is 42.6. The fraction of sp³-hybridized carbons (Fsp3) is 0.330. The van der Waals surface area contributed by atoms with E-state index in [1.165, 1.54) is 139 Å². The smallest absolute Gasteiger partial charge is 0.425 e. The maximum atomic E-state index is 12.6. The zero-order valence-electron chi connectivity index (χ0n) is 78.7. The fourth-order valence-corrected chi connectivity index (χ4v) is 11.6. The second-order valence-electron chi connectivity index (χ2n) is 31.9. The van der Waals surface area contributed by atoms with Crippen LogP contribution in [-0.4, -0.2) is 99.9 Å². The van der Waals surface area contributed by atoms with Gasteiger partial charge in [0.2, 0.25) is 124 Å². The molecule has 1 saturated carbocycles. The average molecular weight is 1840 g/mol. The number of ether oxygens (including phenoxy) is 2. The van der Waals surface area contributed by atoms with Crippen molar-refractivity contribution in [3.8, 4) is 0 Å². The number of nitrogens with zero attached hydrogens (tertiary/aromatic N) is 12. The number of aryl methyl sites for hydroxylation is 9. The lowest BCUT2D eigenvalue weighted by molar-refractivity contribution is -0.905. The molecule has 2 aliphatic heterocycles. The van der Waals surface area contributed by atoms with E-state index in [1.54, 1.807) is 147 Å². The fourth-order valence-electron chi connectivity index (χ4n) is 10.7. The monoisotopic (exact) mass is 1840 g/mol. The second kappa shape index (κ2) is 59.1. The predicted octanol–water partition coefficient (Wildman–Crippen LogP) is 11.2. The molecule has 2 saturated heterocycles. The van der Waals surface area contributed by atoms with Crippen LogP contribution in [-0.2, 0) is 19.6 Å². The number of amides is 2. The molecule has 2 amide bonds. The third-order valence-corrected chi connectivity index (χ3v) is 18.9. The minimum absolute atomic E-state index is 0.139. The van der Waals surface area contributed by atoms with Crippen LogP contribution in [0.4, 0.5) is 23.2 Å². The number of pyridine rings is 10. The van der Waals surface area contributed by atoms with Crippen molar-refractivity contribution in [2.45, 2.75) is 177 Å².